The zero-order valence-corrected chi connectivity index (χ0v) is 17.8. The molecule has 6 nitrogen and oxygen atoms in total. The van der Waals surface area contributed by atoms with Crippen molar-refractivity contribution in [1.82, 2.24) is 0 Å². The highest BCUT2D eigenvalue weighted by molar-refractivity contribution is 5.88. The van der Waals surface area contributed by atoms with Crippen molar-refractivity contribution in [1.29, 1.82) is 0 Å². The van der Waals surface area contributed by atoms with E-state index in [2.05, 4.69) is 0 Å². The molecular weight excluding hydrogens is 453 g/mol. The minimum absolute atomic E-state index is 0.270. The van der Waals surface area contributed by atoms with Gasteiger partial charge in [-0.1, -0.05) is 48.6 Å². The first-order valence-electron chi connectivity index (χ1n) is 10.5. The molecule has 0 aromatic heterocycles. The van der Waals surface area contributed by atoms with E-state index < -0.39 is 49.1 Å². The molecule has 34 heavy (non-hydrogen) atoms. The number of ether oxygens (including phenoxy) is 2. The summed E-state index contributed by atoms with van der Waals surface area (Å²) in [5.74, 6) is 0.270. The SMILES string of the molecule is OCC1O[C@@H](Oc2cc3ccccc3cc2/C=C/c2ccc(C(F)(F)F)cc2)[C@H](O)[C@@H](O)[C@@H]1O. The average Bonchev–Trinajstić information content (AvgIpc) is 2.82. The molecule has 9 heteroatoms. The van der Waals surface area contributed by atoms with Crippen LogP contribution in [0.25, 0.3) is 22.9 Å². The number of benzene rings is 3. The summed E-state index contributed by atoms with van der Waals surface area (Å²) in [5, 5.41) is 41.5. The number of alkyl halides is 3. The molecule has 3 aromatic carbocycles. The summed E-state index contributed by atoms with van der Waals surface area (Å²) < 4.78 is 49.7. The lowest BCUT2D eigenvalue weighted by atomic mass is 9.99. The number of halogens is 3. The molecule has 180 valence electrons. The highest BCUT2D eigenvalue weighted by Gasteiger charge is 2.44. The fourth-order valence-electron chi connectivity index (χ4n) is 3.73. The van der Waals surface area contributed by atoms with Crippen molar-refractivity contribution >= 4 is 22.9 Å². The van der Waals surface area contributed by atoms with E-state index in [1.54, 1.807) is 24.3 Å². The van der Waals surface area contributed by atoms with Crippen LogP contribution in [0.15, 0.2) is 60.7 Å². The van der Waals surface area contributed by atoms with Gasteiger partial charge < -0.3 is 29.9 Å². The molecule has 5 atom stereocenters. The monoisotopic (exact) mass is 476 g/mol. The maximum absolute atomic E-state index is 12.8. The first-order chi connectivity index (χ1) is 16.2. The third-order valence-electron chi connectivity index (χ3n) is 5.66. The van der Waals surface area contributed by atoms with Crippen LogP contribution in [0.3, 0.4) is 0 Å². The molecule has 0 spiro atoms. The van der Waals surface area contributed by atoms with E-state index in [1.165, 1.54) is 12.1 Å². The molecule has 0 bridgehead atoms. The third kappa shape index (κ3) is 5.08. The Hall–Kier alpha value is -2.95. The molecule has 1 fully saturated rings. The lowest BCUT2D eigenvalue weighted by Crippen LogP contribution is -2.60. The summed E-state index contributed by atoms with van der Waals surface area (Å²) in [7, 11) is 0. The van der Waals surface area contributed by atoms with Crippen molar-refractivity contribution < 1.29 is 43.1 Å². The summed E-state index contributed by atoms with van der Waals surface area (Å²) in [6.07, 6.45) is -8.37. The van der Waals surface area contributed by atoms with Crippen LogP contribution in [0.1, 0.15) is 16.7 Å². The van der Waals surface area contributed by atoms with Crippen LogP contribution in [0.5, 0.6) is 5.75 Å². The van der Waals surface area contributed by atoms with E-state index in [-0.39, 0.29) is 5.75 Å². The van der Waals surface area contributed by atoms with Crippen LogP contribution in [0, 0.1) is 0 Å². The lowest BCUT2D eigenvalue weighted by Gasteiger charge is -2.39. The Balaban J connectivity index is 1.66. The standard InChI is InChI=1S/C25H23F3O6/c26-25(27,28)18-9-6-14(7-10-18)5-8-17-11-15-3-1-2-4-16(15)12-19(17)33-24-23(32)22(31)21(30)20(13-29)34-24/h1-12,20-24,29-32H,13H2/b8-5+/t20?,21-,22+,23-,24-/m1/s1. The topological polar surface area (TPSA) is 99.4 Å². The molecule has 1 heterocycles. The Labute approximate surface area is 193 Å². The van der Waals surface area contributed by atoms with E-state index in [0.717, 1.165) is 22.9 Å². The first-order valence-corrected chi connectivity index (χ1v) is 10.5. The van der Waals surface area contributed by atoms with E-state index in [1.807, 2.05) is 24.3 Å². The number of aliphatic hydroxyl groups excluding tert-OH is 4. The second-order valence-electron chi connectivity index (χ2n) is 8.01. The zero-order valence-electron chi connectivity index (χ0n) is 17.8. The Morgan fingerprint density at radius 1 is 0.853 bits per heavy atom. The van der Waals surface area contributed by atoms with Gasteiger partial charge in [-0.25, -0.2) is 0 Å². The van der Waals surface area contributed by atoms with Crippen molar-refractivity contribution in [3.63, 3.8) is 0 Å². The van der Waals surface area contributed by atoms with Gasteiger partial charge in [0, 0.05) is 5.56 Å². The minimum atomic E-state index is -4.42. The summed E-state index contributed by atoms with van der Waals surface area (Å²) in [6.45, 7) is -0.594. The molecule has 1 unspecified atom stereocenters. The van der Waals surface area contributed by atoms with Gasteiger partial charge >= 0.3 is 6.18 Å². The second-order valence-corrected chi connectivity index (χ2v) is 8.01. The maximum atomic E-state index is 12.8. The summed E-state index contributed by atoms with van der Waals surface area (Å²) in [6, 6.07) is 15.6. The lowest BCUT2D eigenvalue weighted by molar-refractivity contribution is -0.277. The van der Waals surface area contributed by atoms with Crippen LogP contribution in [-0.4, -0.2) is 57.7 Å². The minimum Gasteiger partial charge on any atom is -0.461 e. The van der Waals surface area contributed by atoms with Gasteiger partial charge in [-0.15, -0.1) is 0 Å². The van der Waals surface area contributed by atoms with Crippen LogP contribution < -0.4 is 4.74 Å². The number of aliphatic hydroxyl groups is 4. The van der Waals surface area contributed by atoms with E-state index in [9.17, 15) is 33.6 Å². The Kier molecular flexibility index (Phi) is 6.92. The molecule has 0 saturated carbocycles. The fraction of sp³-hybridized carbons (Fsp3) is 0.280. The smallest absolute Gasteiger partial charge is 0.416 e. The fourth-order valence-corrected chi connectivity index (χ4v) is 3.73. The van der Waals surface area contributed by atoms with Gasteiger partial charge in [-0.2, -0.15) is 13.2 Å². The molecule has 0 amide bonds. The van der Waals surface area contributed by atoms with Gasteiger partial charge in [-0.05, 0) is 40.6 Å². The summed E-state index contributed by atoms with van der Waals surface area (Å²) in [5.41, 5.74) is 0.317. The van der Waals surface area contributed by atoms with Crippen LogP contribution in [0.2, 0.25) is 0 Å². The van der Waals surface area contributed by atoms with Crippen molar-refractivity contribution in [3.05, 3.63) is 77.4 Å². The van der Waals surface area contributed by atoms with Crippen LogP contribution >= 0.6 is 0 Å². The quantitative estimate of drug-likeness (QED) is 0.422. The number of hydrogen-bond acceptors (Lipinski definition) is 6. The molecule has 4 rings (SSSR count). The van der Waals surface area contributed by atoms with Gasteiger partial charge in [0.2, 0.25) is 6.29 Å². The van der Waals surface area contributed by atoms with E-state index >= 15 is 0 Å². The first kappa shape index (κ1) is 24.2. The Morgan fingerprint density at radius 2 is 1.50 bits per heavy atom. The maximum Gasteiger partial charge on any atom is 0.416 e. The molecule has 0 radical (unpaired) electrons. The van der Waals surface area contributed by atoms with Gasteiger partial charge in [0.1, 0.15) is 30.2 Å². The molecular formula is C25H23F3O6. The number of hydrogen-bond donors (Lipinski definition) is 4. The van der Waals surface area contributed by atoms with Gasteiger partial charge in [0.05, 0.1) is 12.2 Å². The second kappa shape index (κ2) is 9.73. The normalized spacial score (nSPS) is 25.7. The number of rotatable bonds is 5. The van der Waals surface area contributed by atoms with Crippen molar-refractivity contribution in [2.75, 3.05) is 6.61 Å². The Bertz CT molecular complexity index is 1160. The Morgan fingerprint density at radius 3 is 2.12 bits per heavy atom. The van der Waals surface area contributed by atoms with Gasteiger partial charge in [-0.3, -0.25) is 0 Å². The van der Waals surface area contributed by atoms with Crippen LogP contribution in [0.4, 0.5) is 13.2 Å². The molecule has 1 aliphatic heterocycles. The molecule has 1 saturated heterocycles. The predicted octanol–water partition coefficient (Wildman–Crippen LogP) is 3.21. The van der Waals surface area contributed by atoms with Crippen molar-refractivity contribution in [2.24, 2.45) is 0 Å². The average molecular weight is 476 g/mol. The van der Waals surface area contributed by atoms with Gasteiger partial charge in [0.15, 0.2) is 0 Å². The predicted molar refractivity (Wildman–Crippen MR) is 119 cm³/mol. The largest absolute Gasteiger partial charge is 0.461 e. The van der Waals surface area contributed by atoms with Crippen molar-refractivity contribution in [2.45, 2.75) is 36.9 Å². The highest BCUT2D eigenvalue weighted by Crippen LogP contribution is 2.32. The highest BCUT2D eigenvalue weighted by atomic mass is 19.4. The van der Waals surface area contributed by atoms with Crippen molar-refractivity contribution in [3.8, 4) is 5.75 Å². The molecule has 0 aliphatic carbocycles. The summed E-state index contributed by atoms with van der Waals surface area (Å²) in [4.78, 5) is 0. The molecule has 1 aliphatic rings. The molecule has 3 aromatic rings. The van der Waals surface area contributed by atoms with E-state index in [4.69, 9.17) is 9.47 Å². The summed E-state index contributed by atoms with van der Waals surface area (Å²) >= 11 is 0. The van der Waals surface area contributed by atoms with Crippen LogP contribution in [-0.2, 0) is 10.9 Å². The van der Waals surface area contributed by atoms with Gasteiger partial charge in [0.25, 0.3) is 0 Å². The molecule has 4 N–H and O–H groups in total. The zero-order chi connectivity index (χ0) is 24.5. The van der Waals surface area contributed by atoms with E-state index in [0.29, 0.717) is 11.1 Å². The third-order valence-corrected chi connectivity index (χ3v) is 5.66. The number of fused-ring (bicyclic) bond motifs is 1.